The Bertz CT molecular complexity index is 1020. The van der Waals surface area contributed by atoms with E-state index in [4.69, 9.17) is 14.3 Å². The molecule has 1 heterocycles. The standard InChI is InChI=1S/C18H13FO6/c1-24-13-8-14-12(16(20)15(17(21)22)18(23)25-14)7-10(13)6-9-2-4-11(19)5-3-9/h2-5,7-8,20H,6H2,1H3,(H,21,22). The number of halogens is 1. The van der Waals surface area contributed by atoms with Gasteiger partial charge in [-0.3, -0.25) is 0 Å². The van der Waals surface area contributed by atoms with Crippen LogP contribution in [0.3, 0.4) is 0 Å². The monoisotopic (exact) mass is 344 g/mol. The predicted octanol–water partition coefficient (Wildman–Crippen LogP) is 2.94. The second kappa shape index (κ2) is 6.27. The van der Waals surface area contributed by atoms with Gasteiger partial charge in [-0.25, -0.2) is 14.0 Å². The van der Waals surface area contributed by atoms with Gasteiger partial charge in [0.15, 0.2) is 5.56 Å². The van der Waals surface area contributed by atoms with Crippen LogP contribution >= 0.6 is 0 Å². The molecule has 0 aliphatic rings. The normalized spacial score (nSPS) is 10.8. The van der Waals surface area contributed by atoms with Crippen LogP contribution in [0.5, 0.6) is 11.5 Å². The van der Waals surface area contributed by atoms with Crippen molar-refractivity contribution in [3.63, 3.8) is 0 Å². The quantitative estimate of drug-likeness (QED) is 0.706. The zero-order chi connectivity index (χ0) is 18.1. The number of methoxy groups -OCH3 is 1. The maximum absolute atomic E-state index is 13.0. The molecule has 0 amide bonds. The second-order valence-electron chi connectivity index (χ2n) is 5.38. The summed E-state index contributed by atoms with van der Waals surface area (Å²) >= 11 is 0. The lowest BCUT2D eigenvalue weighted by atomic mass is 10.0. The van der Waals surface area contributed by atoms with Crippen molar-refractivity contribution in [1.29, 1.82) is 0 Å². The third kappa shape index (κ3) is 3.03. The zero-order valence-electron chi connectivity index (χ0n) is 13.1. The van der Waals surface area contributed by atoms with Gasteiger partial charge in [-0.1, -0.05) is 12.1 Å². The highest BCUT2D eigenvalue weighted by Gasteiger charge is 2.21. The number of ether oxygens (including phenoxy) is 1. The number of carboxylic acid groups (broad SMARTS) is 1. The Morgan fingerprint density at radius 3 is 2.52 bits per heavy atom. The fraction of sp³-hybridized carbons (Fsp3) is 0.111. The summed E-state index contributed by atoms with van der Waals surface area (Å²) in [6.45, 7) is 0. The Morgan fingerprint density at radius 2 is 1.92 bits per heavy atom. The average molecular weight is 344 g/mol. The van der Waals surface area contributed by atoms with Gasteiger partial charge in [0.25, 0.3) is 0 Å². The summed E-state index contributed by atoms with van der Waals surface area (Å²) in [5.41, 5.74) is -0.570. The number of hydrogen-bond donors (Lipinski definition) is 2. The Balaban J connectivity index is 2.19. The minimum Gasteiger partial charge on any atom is -0.506 e. The molecule has 2 aromatic carbocycles. The molecule has 6 nitrogen and oxygen atoms in total. The Hall–Kier alpha value is -3.35. The molecule has 0 spiro atoms. The van der Waals surface area contributed by atoms with Gasteiger partial charge < -0.3 is 19.4 Å². The first-order valence-electron chi connectivity index (χ1n) is 7.25. The number of fused-ring (bicyclic) bond motifs is 1. The van der Waals surface area contributed by atoms with Crippen LogP contribution in [0, 0.1) is 5.82 Å². The lowest BCUT2D eigenvalue weighted by molar-refractivity contribution is 0.0689. The molecule has 25 heavy (non-hydrogen) atoms. The number of benzene rings is 2. The Labute approximate surface area is 140 Å². The van der Waals surface area contributed by atoms with Crippen LogP contribution in [0.1, 0.15) is 21.5 Å². The molecule has 0 saturated carbocycles. The molecule has 0 unspecified atom stereocenters. The summed E-state index contributed by atoms with van der Waals surface area (Å²) in [7, 11) is 1.43. The SMILES string of the molecule is COc1cc2oc(=O)c(C(=O)O)c(O)c2cc1Cc1ccc(F)cc1. The van der Waals surface area contributed by atoms with Gasteiger partial charge in [0.05, 0.1) is 12.5 Å². The van der Waals surface area contributed by atoms with Crippen molar-refractivity contribution in [2.45, 2.75) is 6.42 Å². The average Bonchev–Trinajstić information content (AvgIpc) is 2.56. The minimum absolute atomic E-state index is 0.00667. The molecule has 2 N–H and O–H groups in total. The number of rotatable bonds is 4. The van der Waals surface area contributed by atoms with Crippen molar-refractivity contribution in [3.05, 3.63) is 69.3 Å². The molecule has 0 bridgehead atoms. The molecule has 0 aliphatic heterocycles. The summed E-state index contributed by atoms with van der Waals surface area (Å²) < 4.78 is 23.3. The maximum Gasteiger partial charge on any atom is 0.354 e. The number of carboxylic acids is 1. The summed E-state index contributed by atoms with van der Waals surface area (Å²) in [5, 5.41) is 19.3. The van der Waals surface area contributed by atoms with E-state index < -0.39 is 22.9 Å². The third-order valence-electron chi connectivity index (χ3n) is 3.80. The number of carbonyl (C=O) groups is 1. The van der Waals surface area contributed by atoms with Crippen molar-refractivity contribution >= 4 is 16.9 Å². The van der Waals surface area contributed by atoms with Crippen LogP contribution in [0.15, 0.2) is 45.6 Å². The van der Waals surface area contributed by atoms with E-state index in [0.717, 1.165) is 5.56 Å². The van der Waals surface area contributed by atoms with E-state index in [-0.39, 0.29) is 16.8 Å². The first-order chi connectivity index (χ1) is 11.9. The second-order valence-corrected chi connectivity index (χ2v) is 5.38. The molecular formula is C18H13FO6. The van der Waals surface area contributed by atoms with E-state index in [1.165, 1.54) is 31.4 Å². The third-order valence-corrected chi connectivity index (χ3v) is 3.80. The van der Waals surface area contributed by atoms with Crippen molar-refractivity contribution in [1.82, 2.24) is 0 Å². The maximum atomic E-state index is 13.0. The molecule has 3 aromatic rings. The molecule has 0 radical (unpaired) electrons. The van der Waals surface area contributed by atoms with E-state index in [1.807, 2.05) is 0 Å². The van der Waals surface area contributed by atoms with Crippen molar-refractivity contribution in [2.75, 3.05) is 7.11 Å². The summed E-state index contributed by atoms with van der Waals surface area (Å²) in [5.74, 6) is -2.21. The highest BCUT2D eigenvalue weighted by molar-refractivity contribution is 5.98. The van der Waals surface area contributed by atoms with Crippen LogP contribution < -0.4 is 10.4 Å². The van der Waals surface area contributed by atoms with Gasteiger partial charge in [-0.05, 0) is 29.3 Å². The fourth-order valence-corrected chi connectivity index (χ4v) is 2.60. The molecular weight excluding hydrogens is 331 g/mol. The summed E-state index contributed by atoms with van der Waals surface area (Å²) in [6.07, 6.45) is 0.348. The summed E-state index contributed by atoms with van der Waals surface area (Å²) in [6, 6.07) is 8.74. The predicted molar refractivity (Wildman–Crippen MR) is 86.9 cm³/mol. The first-order valence-corrected chi connectivity index (χ1v) is 7.25. The van der Waals surface area contributed by atoms with Gasteiger partial charge in [-0.15, -0.1) is 0 Å². The molecule has 3 rings (SSSR count). The van der Waals surface area contributed by atoms with E-state index in [0.29, 0.717) is 17.7 Å². The lowest BCUT2D eigenvalue weighted by Crippen LogP contribution is -2.13. The van der Waals surface area contributed by atoms with Crippen LogP contribution in [0.25, 0.3) is 11.0 Å². The molecule has 0 atom stereocenters. The van der Waals surface area contributed by atoms with Gasteiger partial charge >= 0.3 is 11.6 Å². The lowest BCUT2D eigenvalue weighted by Gasteiger charge is -2.11. The van der Waals surface area contributed by atoms with Gasteiger partial charge in [0.1, 0.15) is 22.9 Å². The number of aromatic hydroxyl groups is 1. The fourth-order valence-electron chi connectivity index (χ4n) is 2.60. The van der Waals surface area contributed by atoms with Gasteiger partial charge in [0.2, 0.25) is 0 Å². The first kappa shape index (κ1) is 16.5. The van der Waals surface area contributed by atoms with Crippen LogP contribution in [0.2, 0.25) is 0 Å². The highest BCUT2D eigenvalue weighted by atomic mass is 19.1. The largest absolute Gasteiger partial charge is 0.506 e. The molecule has 1 aromatic heterocycles. The molecule has 0 aliphatic carbocycles. The number of hydrogen-bond acceptors (Lipinski definition) is 5. The molecule has 7 heteroatoms. The van der Waals surface area contributed by atoms with E-state index in [9.17, 15) is 19.1 Å². The van der Waals surface area contributed by atoms with Crippen molar-refractivity contribution in [3.8, 4) is 11.5 Å². The smallest absolute Gasteiger partial charge is 0.354 e. The van der Waals surface area contributed by atoms with Crippen molar-refractivity contribution < 1.29 is 28.6 Å². The Kier molecular flexibility index (Phi) is 4.14. The Morgan fingerprint density at radius 1 is 1.24 bits per heavy atom. The molecule has 0 fully saturated rings. The molecule has 0 saturated heterocycles. The zero-order valence-corrected chi connectivity index (χ0v) is 13.1. The van der Waals surface area contributed by atoms with Gasteiger partial charge in [-0.2, -0.15) is 0 Å². The van der Waals surface area contributed by atoms with Gasteiger partial charge in [0, 0.05) is 12.5 Å². The minimum atomic E-state index is -1.58. The van der Waals surface area contributed by atoms with E-state index in [2.05, 4.69) is 0 Å². The van der Waals surface area contributed by atoms with Crippen LogP contribution in [0.4, 0.5) is 4.39 Å². The molecule has 128 valence electrons. The van der Waals surface area contributed by atoms with Crippen molar-refractivity contribution in [2.24, 2.45) is 0 Å². The number of aromatic carboxylic acids is 1. The van der Waals surface area contributed by atoms with Crippen LogP contribution in [-0.2, 0) is 6.42 Å². The van der Waals surface area contributed by atoms with Crippen LogP contribution in [-0.4, -0.2) is 23.3 Å². The summed E-state index contributed by atoms with van der Waals surface area (Å²) in [4.78, 5) is 22.9. The highest BCUT2D eigenvalue weighted by Crippen LogP contribution is 2.33. The topological polar surface area (TPSA) is 97.0 Å². The van der Waals surface area contributed by atoms with E-state index in [1.54, 1.807) is 12.1 Å². The van der Waals surface area contributed by atoms with E-state index >= 15 is 0 Å².